The van der Waals surface area contributed by atoms with Crippen LogP contribution in [0.15, 0.2) is 0 Å². The van der Waals surface area contributed by atoms with Crippen LogP contribution in [0.2, 0.25) is 0 Å². The maximum absolute atomic E-state index is 9.56. The molecule has 1 N–H and O–H groups in total. The summed E-state index contributed by atoms with van der Waals surface area (Å²) in [7, 11) is 0. The number of aliphatic hydroxyl groups excluding tert-OH is 1. The number of aromatic nitrogens is 1. The van der Waals surface area contributed by atoms with Crippen molar-refractivity contribution in [2.24, 2.45) is 0 Å². The summed E-state index contributed by atoms with van der Waals surface area (Å²) in [4.78, 5) is 8.30. The van der Waals surface area contributed by atoms with Crippen molar-refractivity contribution < 1.29 is 5.11 Å². The number of unbranched alkanes of at least 4 members (excludes halogenated alkanes) is 2. The Morgan fingerprint density at radius 2 is 1.75 bits per heavy atom. The molecule has 0 aliphatic rings. The lowest BCUT2D eigenvalue weighted by molar-refractivity contribution is 0.283. The molecule has 0 bridgehead atoms. The van der Waals surface area contributed by atoms with Gasteiger partial charge in [0.2, 0.25) is 0 Å². The zero-order chi connectivity index (χ0) is 15.0. The van der Waals surface area contributed by atoms with E-state index in [2.05, 4.69) is 32.6 Å². The minimum atomic E-state index is 0.118. The Kier molecular flexibility index (Phi) is 8.15. The molecule has 20 heavy (non-hydrogen) atoms. The molecule has 1 heterocycles. The third-order valence-corrected chi connectivity index (χ3v) is 4.89. The van der Waals surface area contributed by atoms with Gasteiger partial charge in [0, 0.05) is 13.1 Å². The Morgan fingerprint density at radius 1 is 1.15 bits per heavy atom. The number of hydrogen-bond donors (Lipinski definition) is 1. The minimum Gasteiger partial charge on any atom is -0.391 e. The molecule has 1 aromatic heterocycles. The maximum Gasteiger partial charge on any atom is 0.185 e. The molecule has 4 heteroatoms. The van der Waals surface area contributed by atoms with Crippen molar-refractivity contribution in [1.82, 2.24) is 4.98 Å². The largest absolute Gasteiger partial charge is 0.391 e. The number of thiazole rings is 1. The molecule has 0 spiro atoms. The lowest BCUT2D eigenvalue weighted by Gasteiger charge is -2.21. The predicted molar refractivity (Wildman–Crippen MR) is 88.8 cm³/mol. The first-order valence-corrected chi connectivity index (χ1v) is 8.84. The van der Waals surface area contributed by atoms with Crippen LogP contribution in [0.4, 0.5) is 5.13 Å². The van der Waals surface area contributed by atoms with Gasteiger partial charge in [-0.15, -0.1) is 0 Å². The van der Waals surface area contributed by atoms with Crippen molar-refractivity contribution in [3.05, 3.63) is 10.6 Å². The SMILES string of the molecule is CCCCN(CCCC)c1nc(C(C)CC)c(CO)s1. The van der Waals surface area contributed by atoms with Gasteiger partial charge >= 0.3 is 0 Å². The molecule has 1 atom stereocenters. The van der Waals surface area contributed by atoms with E-state index in [0.29, 0.717) is 5.92 Å². The van der Waals surface area contributed by atoms with E-state index in [9.17, 15) is 5.11 Å². The number of nitrogens with zero attached hydrogens (tertiary/aromatic N) is 2. The molecule has 0 radical (unpaired) electrons. The average Bonchev–Trinajstić information content (AvgIpc) is 2.90. The smallest absolute Gasteiger partial charge is 0.185 e. The molecule has 0 aliphatic heterocycles. The molecule has 0 saturated heterocycles. The van der Waals surface area contributed by atoms with E-state index in [1.807, 2.05) is 0 Å². The Balaban J connectivity index is 2.91. The first kappa shape index (κ1) is 17.4. The minimum absolute atomic E-state index is 0.118. The van der Waals surface area contributed by atoms with E-state index >= 15 is 0 Å². The van der Waals surface area contributed by atoms with Gasteiger partial charge in [0.1, 0.15) is 0 Å². The fourth-order valence-corrected chi connectivity index (χ4v) is 3.27. The van der Waals surface area contributed by atoms with Gasteiger partial charge in [0.05, 0.1) is 17.2 Å². The molecule has 0 saturated carbocycles. The number of hydrogen-bond acceptors (Lipinski definition) is 4. The maximum atomic E-state index is 9.56. The zero-order valence-electron chi connectivity index (χ0n) is 13.5. The molecule has 1 rings (SSSR count). The van der Waals surface area contributed by atoms with Gasteiger partial charge in [0.15, 0.2) is 5.13 Å². The first-order chi connectivity index (χ1) is 9.67. The van der Waals surface area contributed by atoms with Crippen LogP contribution in [0.25, 0.3) is 0 Å². The van der Waals surface area contributed by atoms with E-state index in [1.165, 1.54) is 25.7 Å². The summed E-state index contributed by atoms with van der Waals surface area (Å²) in [6.07, 6.45) is 5.89. The van der Waals surface area contributed by atoms with E-state index in [1.54, 1.807) is 11.3 Å². The molecule has 116 valence electrons. The third-order valence-electron chi connectivity index (χ3n) is 3.77. The van der Waals surface area contributed by atoms with Crippen LogP contribution in [0.5, 0.6) is 0 Å². The lowest BCUT2D eigenvalue weighted by atomic mass is 10.0. The second-order valence-electron chi connectivity index (χ2n) is 5.47. The summed E-state index contributed by atoms with van der Waals surface area (Å²) in [6, 6.07) is 0. The summed E-state index contributed by atoms with van der Waals surface area (Å²) < 4.78 is 0. The highest BCUT2D eigenvalue weighted by Gasteiger charge is 2.18. The summed E-state index contributed by atoms with van der Waals surface area (Å²) >= 11 is 1.68. The van der Waals surface area contributed by atoms with Gasteiger partial charge in [-0.3, -0.25) is 0 Å². The summed E-state index contributed by atoms with van der Waals surface area (Å²) in [6.45, 7) is 11.1. The fraction of sp³-hybridized carbons (Fsp3) is 0.812. The quantitative estimate of drug-likeness (QED) is 0.688. The van der Waals surface area contributed by atoms with Gasteiger partial charge < -0.3 is 10.0 Å². The predicted octanol–water partition coefficient (Wildman–Crippen LogP) is 4.56. The summed E-state index contributed by atoms with van der Waals surface area (Å²) in [5.74, 6) is 0.432. The Bertz CT molecular complexity index is 371. The van der Waals surface area contributed by atoms with Crippen LogP contribution < -0.4 is 4.90 Å². The zero-order valence-corrected chi connectivity index (χ0v) is 14.3. The van der Waals surface area contributed by atoms with Gasteiger partial charge in [-0.2, -0.15) is 0 Å². The van der Waals surface area contributed by atoms with E-state index in [-0.39, 0.29) is 6.61 Å². The van der Waals surface area contributed by atoms with Crippen molar-refractivity contribution in [2.75, 3.05) is 18.0 Å². The molecule has 1 aromatic rings. The van der Waals surface area contributed by atoms with Gasteiger partial charge in [-0.25, -0.2) is 4.98 Å². The number of rotatable bonds is 10. The number of aliphatic hydroxyl groups is 1. The second kappa shape index (κ2) is 9.35. The van der Waals surface area contributed by atoms with Crippen LogP contribution in [-0.4, -0.2) is 23.2 Å². The Morgan fingerprint density at radius 3 is 2.20 bits per heavy atom. The average molecular weight is 298 g/mol. The Hall–Kier alpha value is -0.610. The van der Waals surface area contributed by atoms with Crippen molar-refractivity contribution in [1.29, 1.82) is 0 Å². The van der Waals surface area contributed by atoms with Gasteiger partial charge in [-0.05, 0) is 25.2 Å². The lowest BCUT2D eigenvalue weighted by Crippen LogP contribution is -2.25. The monoisotopic (exact) mass is 298 g/mol. The molecular formula is C16H30N2OS. The normalized spacial score (nSPS) is 12.7. The topological polar surface area (TPSA) is 36.4 Å². The van der Waals surface area contributed by atoms with Crippen molar-refractivity contribution in [3.8, 4) is 0 Å². The summed E-state index contributed by atoms with van der Waals surface area (Å²) in [5, 5.41) is 10.7. The van der Waals surface area contributed by atoms with Crippen LogP contribution >= 0.6 is 11.3 Å². The van der Waals surface area contributed by atoms with Crippen molar-refractivity contribution in [2.45, 2.75) is 72.3 Å². The van der Waals surface area contributed by atoms with Crippen LogP contribution in [0, 0.1) is 0 Å². The van der Waals surface area contributed by atoms with Gasteiger partial charge in [0.25, 0.3) is 0 Å². The highest BCUT2D eigenvalue weighted by atomic mass is 32.1. The van der Waals surface area contributed by atoms with Crippen molar-refractivity contribution in [3.63, 3.8) is 0 Å². The molecule has 0 fully saturated rings. The first-order valence-electron chi connectivity index (χ1n) is 8.03. The van der Waals surface area contributed by atoms with Gasteiger partial charge in [-0.1, -0.05) is 51.9 Å². The fourth-order valence-electron chi connectivity index (χ4n) is 2.18. The van der Waals surface area contributed by atoms with Crippen LogP contribution in [-0.2, 0) is 6.61 Å². The Labute approximate surface area is 128 Å². The van der Waals surface area contributed by atoms with Crippen LogP contribution in [0.3, 0.4) is 0 Å². The molecule has 1 unspecified atom stereocenters. The molecule has 0 aliphatic carbocycles. The molecule has 0 aromatic carbocycles. The molecule has 0 amide bonds. The standard InChI is InChI=1S/C16H30N2OS/c1-5-8-10-18(11-9-6-2)16-17-15(13(4)7-3)14(12-19)20-16/h13,19H,5-12H2,1-4H3. The molecular weight excluding hydrogens is 268 g/mol. The third kappa shape index (κ3) is 4.74. The molecule has 3 nitrogen and oxygen atoms in total. The van der Waals surface area contributed by atoms with Crippen LogP contribution in [0.1, 0.15) is 76.3 Å². The highest BCUT2D eigenvalue weighted by molar-refractivity contribution is 7.15. The van der Waals surface area contributed by atoms with E-state index < -0.39 is 0 Å². The highest BCUT2D eigenvalue weighted by Crippen LogP contribution is 2.32. The second-order valence-corrected chi connectivity index (χ2v) is 6.53. The number of anilines is 1. The summed E-state index contributed by atoms with van der Waals surface area (Å²) in [5.41, 5.74) is 1.10. The van der Waals surface area contributed by atoms with E-state index in [4.69, 9.17) is 4.98 Å². The van der Waals surface area contributed by atoms with E-state index in [0.717, 1.165) is 35.2 Å². The van der Waals surface area contributed by atoms with Crippen molar-refractivity contribution >= 4 is 16.5 Å².